The Balaban J connectivity index is 1.49. The summed E-state index contributed by atoms with van der Waals surface area (Å²) in [6.07, 6.45) is -0.0940. The first-order chi connectivity index (χ1) is 16.6. The Morgan fingerprint density at radius 2 is 1.83 bits per heavy atom. The maximum atomic E-state index is 14.1. The maximum absolute atomic E-state index is 14.1. The van der Waals surface area contributed by atoms with Gasteiger partial charge in [0.05, 0.1) is 11.6 Å². The number of carboxylic acid groups (broad SMARTS) is 1. The molecule has 188 valence electrons. The number of rotatable bonds is 7. The van der Waals surface area contributed by atoms with Crippen molar-refractivity contribution in [3.63, 3.8) is 0 Å². The van der Waals surface area contributed by atoms with Crippen molar-refractivity contribution in [2.24, 2.45) is 0 Å². The van der Waals surface area contributed by atoms with Crippen molar-refractivity contribution in [3.8, 4) is 5.75 Å². The van der Waals surface area contributed by atoms with Crippen LogP contribution in [-0.4, -0.2) is 52.5 Å². The number of nitrogens with zero attached hydrogens (tertiary/aromatic N) is 1. The van der Waals surface area contributed by atoms with Crippen LogP contribution in [0.5, 0.6) is 5.75 Å². The Hall–Kier alpha value is -2.71. The third kappa shape index (κ3) is 5.76. The minimum Gasteiger partial charge on any atom is -0.489 e. The highest BCUT2D eigenvalue weighted by Crippen LogP contribution is 2.43. The average Bonchev–Trinajstić information content (AvgIpc) is 3.28. The quantitative estimate of drug-likeness (QED) is 0.531. The van der Waals surface area contributed by atoms with E-state index in [-0.39, 0.29) is 43.3 Å². The van der Waals surface area contributed by atoms with Crippen molar-refractivity contribution >= 4 is 23.5 Å². The topological polar surface area (TPSA) is 78.9 Å². The fourth-order valence-electron chi connectivity index (χ4n) is 4.99. The molecule has 6 nitrogen and oxygen atoms in total. The largest absolute Gasteiger partial charge is 0.489 e. The Morgan fingerprint density at radius 1 is 1.14 bits per heavy atom. The number of likely N-dealkylation sites (tertiary alicyclic amines) is 1. The molecular formula is C26H29ClF2N2O4. The number of halogens is 3. The van der Waals surface area contributed by atoms with Gasteiger partial charge in [-0.1, -0.05) is 29.8 Å². The van der Waals surface area contributed by atoms with Crippen molar-refractivity contribution in [3.05, 3.63) is 64.7 Å². The molecule has 2 fully saturated rings. The lowest BCUT2D eigenvalue weighted by molar-refractivity contribution is -0.143. The molecule has 1 amide bonds. The Morgan fingerprint density at radius 3 is 2.46 bits per heavy atom. The van der Waals surface area contributed by atoms with E-state index in [1.54, 1.807) is 37.3 Å². The number of carbonyl (C=O) groups excluding carboxylic acids is 1. The van der Waals surface area contributed by atoms with Crippen LogP contribution in [0.3, 0.4) is 0 Å². The first-order valence-electron chi connectivity index (χ1n) is 11.8. The van der Waals surface area contributed by atoms with Gasteiger partial charge in [0.15, 0.2) is 0 Å². The molecule has 0 aromatic heterocycles. The number of hydrogen-bond donors (Lipinski definition) is 2. The number of ether oxygens (including phenoxy) is 1. The predicted octanol–water partition coefficient (Wildman–Crippen LogP) is 5.32. The lowest BCUT2D eigenvalue weighted by atomic mass is 9.77. The summed E-state index contributed by atoms with van der Waals surface area (Å²) in [5.74, 6) is -3.46. The molecule has 1 aliphatic carbocycles. The second kappa shape index (κ2) is 10.1. The van der Waals surface area contributed by atoms with Gasteiger partial charge in [-0.2, -0.15) is 0 Å². The molecule has 2 N–H and O–H groups in total. The summed E-state index contributed by atoms with van der Waals surface area (Å²) < 4.78 is 34.3. The second-order valence-electron chi connectivity index (χ2n) is 9.44. The SMILES string of the molecule is CC(NC(=O)C1(N2CC[C@@H](Oc3cccc(Cl)c3)C2)CCC(F)(F)CC1)c1ccc(C(=O)O)cc1. The molecule has 2 aromatic carbocycles. The molecular weight excluding hydrogens is 478 g/mol. The van der Waals surface area contributed by atoms with Crippen molar-refractivity contribution in [2.75, 3.05) is 13.1 Å². The molecule has 1 heterocycles. The number of carbonyl (C=O) groups is 2. The van der Waals surface area contributed by atoms with Crippen LogP contribution in [0, 0.1) is 0 Å². The molecule has 0 spiro atoms. The van der Waals surface area contributed by atoms with Gasteiger partial charge < -0.3 is 15.2 Å². The Kier molecular flexibility index (Phi) is 7.33. The van der Waals surface area contributed by atoms with Crippen molar-refractivity contribution in [1.29, 1.82) is 0 Å². The third-order valence-corrected chi connectivity index (χ3v) is 7.32. The standard InChI is InChI=1S/C26H29ClF2N2O4/c1-17(18-5-7-19(8-6-18)23(32)33)30-24(34)25(10-12-26(28,29)13-11-25)31-14-9-22(16-31)35-21-4-2-3-20(27)15-21/h2-8,15,17,22H,9-14,16H2,1H3,(H,30,34)(H,32,33)/t17?,22-/m1/s1. The van der Waals surface area contributed by atoms with E-state index in [9.17, 15) is 18.4 Å². The van der Waals surface area contributed by atoms with Gasteiger partial charge in [0, 0.05) is 31.0 Å². The zero-order valence-corrected chi connectivity index (χ0v) is 20.2. The van der Waals surface area contributed by atoms with Crippen molar-refractivity contribution < 1.29 is 28.2 Å². The summed E-state index contributed by atoms with van der Waals surface area (Å²) in [5, 5.41) is 12.7. The van der Waals surface area contributed by atoms with E-state index < -0.39 is 23.5 Å². The number of aromatic carboxylic acids is 1. The van der Waals surface area contributed by atoms with Crippen molar-refractivity contribution in [1.82, 2.24) is 10.2 Å². The zero-order chi connectivity index (χ0) is 25.2. The van der Waals surface area contributed by atoms with Gasteiger partial charge in [-0.15, -0.1) is 0 Å². The van der Waals surface area contributed by atoms with Crippen LogP contribution in [0.2, 0.25) is 5.02 Å². The van der Waals surface area contributed by atoms with E-state index in [1.807, 2.05) is 11.0 Å². The number of alkyl halides is 2. The third-order valence-electron chi connectivity index (χ3n) is 7.09. The van der Waals surface area contributed by atoms with Gasteiger partial charge in [-0.3, -0.25) is 9.69 Å². The molecule has 2 atom stereocenters. The van der Waals surface area contributed by atoms with E-state index in [1.165, 1.54) is 12.1 Å². The normalized spacial score (nSPS) is 22.3. The van der Waals surface area contributed by atoms with Gasteiger partial charge in [-0.05, 0) is 62.1 Å². The molecule has 9 heteroatoms. The first-order valence-corrected chi connectivity index (χ1v) is 12.2. The summed E-state index contributed by atoms with van der Waals surface area (Å²) in [5.41, 5.74) is -0.159. The number of carboxylic acids is 1. The number of amides is 1. The molecule has 35 heavy (non-hydrogen) atoms. The number of nitrogens with one attached hydrogen (secondary N) is 1. The molecule has 1 saturated heterocycles. The van der Waals surface area contributed by atoms with E-state index in [0.717, 1.165) is 5.56 Å². The Bertz CT molecular complexity index is 1070. The summed E-state index contributed by atoms with van der Waals surface area (Å²) in [7, 11) is 0. The number of benzene rings is 2. The zero-order valence-electron chi connectivity index (χ0n) is 19.5. The highest BCUT2D eigenvalue weighted by Gasteiger charge is 2.53. The van der Waals surface area contributed by atoms with Gasteiger partial charge in [0.25, 0.3) is 0 Å². The van der Waals surface area contributed by atoms with E-state index >= 15 is 0 Å². The number of hydrogen-bond acceptors (Lipinski definition) is 4. The van der Waals surface area contributed by atoms with Crippen LogP contribution in [0.25, 0.3) is 0 Å². The lowest BCUT2D eigenvalue weighted by Gasteiger charge is -2.45. The van der Waals surface area contributed by atoms with E-state index in [0.29, 0.717) is 30.3 Å². The smallest absolute Gasteiger partial charge is 0.335 e. The maximum Gasteiger partial charge on any atom is 0.335 e. The van der Waals surface area contributed by atoms with Crippen LogP contribution >= 0.6 is 11.6 Å². The fourth-order valence-corrected chi connectivity index (χ4v) is 5.17. The Labute approximate surface area is 208 Å². The van der Waals surface area contributed by atoms with Gasteiger partial charge in [0.2, 0.25) is 11.8 Å². The molecule has 0 radical (unpaired) electrons. The van der Waals surface area contributed by atoms with Gasteiger partial charge >= 0.3 is 5.97 Å². The molecule has 1 unspecified atom stereocenters. The van der Waals surface area contributed by atoms with E-state index in [2.05, 4.69) is 5.32 Å². The minimum atomic E-state index is -2.78. The molecule has 1 aliphatic heterocycles. The molecule has 2 aliphatic rings. The van der Waals surface area contributed by atoms with Crippen LogP contribution in [0.1, 0.15) is 61.0 Å². The first kappa shape index (κ1) is 25.4. The van der Waals surface area contributed by atoms with Crippen LogP contribution in [0.4, 0.5) is 8.78 Å². The summed E-state index contributed by atoms with van der Waals surface area (Å²) in [6, 6.07) is 13.0. The summed E-state index contributed by atoms with van der Waals surface area (Å²) in [4.78, 5) is 26.7. The minimum absolute atomic E-state index is 0.0559. The van der Waals surface area contributed by atoms with Crippen LogP contribution < -0.4 is 10.1 Å². The molecule has 0 bridgehead atoms. The lowest BCUT2D eigenvalue weighted by Crippen LogP contribution is -2.61. The average molecular weight is 507 g/mol. The monoisotopic (exact) mass is 506 g/mol. The van der Waals surface area contributed by atoms with E-state index in [4.69, 9.17) is 21.4 Å². The van der Waals surface area contributed by atoms with Gasteiger partial charge in [-0.25, -0.2) is 13.6 Å². The fraction of sp³-hybridized carbons (Fsp3) is 0.462. The molecule has 4 rings (SSSR count). The highest BCUT2D eigenvalue weighted by atomic mass is 35.5. The molecule has 1 saturated carbocycles. The van der Waals surface area contributed by atoms with Gasteiger partial charge in [0.1, 0.15) is 17.4 Å². The van der Waals surface area contributed by atoms with Crippen LogP contribution in [-0.2, 0) is 4.79 Å². The summed E-state index contributed by atoms with van der Waals surface area (Å²) in [6.45, 7) is 2.81. The van der Waals surface area contributed by atoms with Crippen molar-refractivity contribution in [2.45, 2.75) is 62.6 Å². The predicted molar refractivity (Wildman–Crippen MR) is 128 cm³/mol. The highest BCUT2D eigenvalue weighted by molar-refractivity contribution is 6.30. The second-order valence-corrected chi connectivity index (χ2v) is 9.88. The van der Waals surface area contributed by atoms with Crippen LogP contribution in [0.15, 0.2) is 48.5 Å². The molecule has 2 aromatic rings. The summed E-state index contributed by atoms with van der Waals surface area (Å²) >= 11 is 6.05.